The average molecular weight is 257 g/mol. The van der Waals surface area contributed by atoms with E-state index in [1.54, 1.807) is 38.1 Å². The van der Waals surface area contributed by atoms with E-state index in [1.807, 2.05) is 0 Å². The minimum atomic E-state index is -0.966. The van der Waals surface area contributed by atoms with Crippen LogP contribution in [0, 0.1) is 0 Å². The highest BCUT2D eigenvalue weighted by Crippen LogP contribution is 2.27. The summed E-state index contributed by atoms with van der Waals surface area (Å²) >= 11 is 5.78. The molecule has 0 heterocycles. The molecule has 0 radical (unpaired) electrons. The van der Waals surface area contributed by atoms with Gasteiger partial charge >= 0.3 is 5.97 Å². The van der Waals surface area contributed by atoms with Crippen LogP contribution in [0.25, 0.3) is 0 Å². The lowest BCUT2D eigenvalue weighted by molar-refractivity contribution is -0.137. The van der Waals surface area contributed by atoms with Gasteiger partial charge in [0, 0.05) is 10.4 Å². The van der Waals surface area contributed by atoms with Crippen molar-refractivity contribution in [3.8, 4) is 0 Å². The van der Waals surface area contributed by atoms with Crippen LogP contribution in [0.15, 0.2) is 36.2 Å². The summed E-state index contributed by atoms with van der Waals surface area (Å²) in [5, 5.41) is 0.613. The zero-order valence-corrected chi connectivity index (χ0v) is 10.7. The van der Waals surface area contributed by atoms with E-state index in [0.717, 1.165) is 12.7 Å². The second-order valence-electron chi connectivity index (χ2n) is 4.21. The number of rotatable bonds is 3. The Labute approximate surface area is 105 Å². The topological polar surface area (TPSA) is 26.3 Å². The minimum Gasteiger partial charge on any atom is -0.464 e. The van der Waals surface area contributed by atoms with Crippen LogP contribution in [-0.2, 0) is 14.9 Å². The summed E-state index contributed by atoms with van der Waals surface area (Å²) in [4.78, 5) is 11.0. The predicted octanol–water partition coefficient (Wildman–Crippen LogP) is 3.64. The fourth-order valence-electron chi connectivity index (χ4n) is 1.44. The Morgan fingerprint density at radius 3 is 2.35 bits per heavy atom. The van der Waals surface area contributed by atoms with Crippen molar-refractivity contribution in [3.63, 3.8) is 0 Å². The molecule has 0 aromatic heterocycles. The van der Waals surface area contributed by atoms with Crippen LogP contribution in [0.4, 0.5) is 4.39 Å². The summed E-state index contributed by atoms with van der Waals surface area (Å²) in [5.74, 6) is -1.86. The van der Waals surface area contributed by atoms with Crippen molar-refractivity contribution in [2.45, 2.75) is 19.3 Å². The number of benzene rings is 1. The maximum atomic E-state index is 13.4. The molecule has 1 aromatic rings. The molecule has 0 atom stereocenters. The molecule has 1 rings (SSSR count). The number of ether oxygens (including phenoxy) is 1. The summed E-state index contributed by atoms with van der Waals surface area (Å²) < 4.78 is 17.7. The van der Waals surface area contributed by atoms with Crippen LogP contribution < -0.4 is 0 Å². The number of allylic oxidation sites excluding steroid dienone is 1. The van der Waals surface area contributed by atoms with E-state index in [4.69, 9.17) is 11.6 Å². The smallest absolute Gasteiger partial charge is 0.366 e. The van der Waals surface area contributed by atoms with E-state index < -0.39 is 17.2 Å². The molecule has 0 aliphatic carbocycles. The first-order valence-corrected chi connectivity index (χ1v) is 5.47. The van der Waals surface area contributed by atoms with E-state index in [-0.39, 0.29) is 0 Å². The van der Waals surface area contributed by atoms with Gasteiger partial charge in [-0.15, -0.1) is 0 Å². The minimum absolute atomic E-state index is 0.608. The molecule has 0 saturated heterocycles. The molecule has 0 unspecified atom stereocenters. The summed E-state index contributed by atoms with van der Waals surface area (Å²) in [6, 6.07) is 7.04. The molecule has 92 valence electrons. The fraction of sp³-hybridized carbons (Fsp3) is 0.308. The first-order valence-electron chi connectivity index (χ1n) is 5.09. The maximum Gasteiger partial charge on any atom is 0.366 e. The van der Waals surface area contributed by atoms with Crippen molar-refractivity contribution >= 4 is 17.6 Å². The summed E-state index contributed by atoms with van der Waals surface area (Å²) in [5.41, 5.74) is 0.254. The Balaban J connectivity index is 3.03. The Hall–Kier alpha value is -1.35. The standard InChI is InChI=1S/C13H14ClFO2/c1-13(2,8-11(15)12(16)17-3)9-4-6-10(14)7-5-9/h4-8H,1-3H3. The van der Waals surface area contributed by atoms with Gasteiger partial charge in [-0.25, -0.2) is 4.79 Å². The molecule has 0 bridgehead atoms. The lowest BCUT2D eigenvalue weighted by atomic mass is 9.84. The van der Waals surface area contributed by atoms with Gasteiger partial charge in [0.15, 0.2) is 0 Å². The van der Waals surface area contributed by atoms with Gasteiger partial charge in [-0.3, -0.25) is 0 Å². The highest BCUT2D eigenvalue weighted by Gasteiger charge is 2.21. The van der Waals surface area contributed by atoms with Crippen LogP contribution in [0.1, 0.15) is 19.4 Å². The van der Waals surface area contributed by atoms with E-state index in [2.05, 4.69) is 4.74 Å². The number of esters is 1. The molecule has 2 nitrogen and oxygen atoms in total. The van der Waals surface area contributed by atoms with Gasteiger partial charge < -0.3 is 4.74 Å². The normalized spacial score (nSPS) is 12.4. The second kappa shape index (κ2) is 5.32. The molecule has 0 saturated carbocycles. The van der Waals surface area contributed by atoms with Gasteiger partial charge in [-0.1, -0.05) is 37.6 Å². The first kappa shape index (κ1) is 13.7. The van der Waals surface area contributed by atoms with E-state index >= 15 is 0 Å². The number of hydrogen-bond donors (Lipinski definition) is 0. The number of methoxy groups -OCH3 is 1. The quantitative estimate of drug-likeness (QED) is 0.610. The van der Waals surface area contributed by atoms with E-state index in [0.29, 0.717) is 5.02 Å². The zero-order chi connectivity index (χ0) is 13.1. The molecular formula is C13H14ClFO2. The SMILES string of the molecule is COC(=O)C(F)=CC(C)(C)c1ccc(Cl)cc1. The molecule has 4 heteroatoms. The average Bonchev–Trinajstić information content (AvgIpc) is 2.27. The molecule has 0 spiro atoms. The van der Waals surface area contributed by atoms with Gasteiger partial charge in [0.25, 0.3) is 0 Å². The third-order valence-electron chi connectivity index (χ3n) is 2.46. The monoisotopic (exact) mass is 256 g/mol. The number of carbonyl (C=O) groups is 1. The Bertz CT molecular complexity index is 435. The van der Waals surface area contributed by atoms with Crippen LogP contribution in [-0.4, -0.2) is 13.1 Å². The molecule has 0 aliphatic rings. The molecule has 0 aliphatic heterocycles. The van der Waals surface area contributed by atoms with E-state index in [9.17, 15) is 9.18 Å². The second-order valence-corrected chi connectivity index (χ2v) is 4.65. The first-order chi connectivity index (χ1) is 7.86. The van der Waals surface area contributed by atoms with Crippen LogP contribution in [0.2, 0.25) is 5.02 Å². The highest BCUT2D eigenvalue weighted by atomic mass is 35.5. The van der Waals surface area contributed by atoms with Gasteiger partial charge in [0.2, 0.25) is 5.83 Å². The van der Waals surface area contributed by atoms with Gasteiger partial charge in [-0.2, -0.15) is 4.39 Å². The molecule has 1 aromatic carbocycles. The summed E-state index contributed by atoms with van der Waals surface area (Å²) in [7, 11) is 1.14. The Morgan fingerprint density at radius 2 is 1.88 bits per heavy atom. The van der Waals surface area contributed by atoms with Crippen molar-refractivity contribution in [1.82, 2.24) is 0 Å². The molecular weight excluding hydrogens is 243 g/mol. The van der Waals surface area contributed by atoms with Crippen molar-refractivity contribution < 1.29 is 13.9 Å². The lowest BCUT2D eigenvalue weighted by Gasteiger charge is -2.21. The Kier molecular flexibility index (Phi) is 4.29. The number of halogens is 2. The largest absolute Gasteiger partial charge is 0.464 e. The van der Waals surface area contributed by atoms with Crippen molar-refractivity contribution in [2.75, 3.05) is 7.11 Å². The third-order valence-corrected chi connectivity index (χ3v) is 2.71. The maximum absolute atomic E-state index is 13.4. The van der Waals surface area contributed by atoms with Crippen molar-refractivity contribution in [2.24, 2.45) is 0 Å². The third kappa shape index (κ3) is 3.56. The van der Waals surface area contributed by atoms with Gasteiger partial charge in [0.1, 0.15) is 0 Å². The predicted molar refractivity (Wildman–Crippen MR) is 65.7 cm³/mol. The fourth-order valence-corrected chi connectivity index (χ4v) is 1.56. The Morgan fingerprint density at radius 1 is 1.35 bits per heavy atom. The van der Waals surface area contributed by atoms with Crippen LogP contribution >= 0.6 is 11.6 Å². The summed E-state index contributed by atoms with van der Waals surface area (Å²) in [6.07, 6.45) is 1.24. The van der Waals surface area contributed by atoms with Crippen LogP contribution in [0.3, 0.4) is 0 Å². The van der Waals surface area contributed by atoms with Gasteiger partial charge in [-0.05, 0) is 23.8 Å². The summed E-state index contributed by atoms with van der Waals surface area (Å²) in [6.45, 7) is 3.61. The number of hydrogen-bond acceptors (Lipinski definition) is 2. The molecule has 0 N–H and O–H groups in total. The zero-order valence-electron chi connectivity index (χ0n) is 9.96. The molecule has 17 heavy (non-hydrogen) atoms. The van der Waals surface area contributed by atoms with Crippen molar-refractivity contribution in [1.29, 1.82) is 0 Å². The number of carbonyl (C=O) groups excluding carboxylic acids is 1. The highest BCUT2D eigenvalue weighted by molar-refractivity contribution is 6.30. The van der Waals surface area contributed by atoms with E-state index in [1.165, 1.54) is 6.08 Å². The lowest BCUT2D eigenvalue weighted by Crippen LogP contribution is -2.16. The van der Waals surface area contributed by atoms with Crippen molar-refractivity contribution in [3.05, 3.63) is 46.8 Å². The van der Waals surface area contributed by atoms with Gasteiger partial charge in [0.05, 0.1) is 7.11 Å². The van der Waals surface area contributed by atoms with Crippen LogP contribution in [0.5, 0.6) is 0 Å². The molecule has 0 amide bonds. The molecule has 0 fully saturated rings.